The molecule has 0 radical (unpaired) electrons. The van der Waals surface area contributed by atoms with E-state index in [1.165, 1.54) is 0 Å². The van der Waals surface area contributed by atoms with Crippen LogP contribution in [0.15, 0.2) is 9.98 Å². The van der Waals surface area contributed by atoms with Gasteiger partial charge in [-0.15, -0.1) is 0 Å². The van der Waals surface area contributed by atoms with Gasteiger partial charge in [0.05, 0.1) is 6.04 Å². The van der Waals surface area contributed by atoms with E-state index >= 15 is 0 Å². The molecular formula is C22H42N10O7. The van der Waals surface area contributed by atoms with Crippen LogP contribution in [0.3, 0.4) is 0 Å². The van der Waals surface area contributed by atoms with Gasteiger partial charge in [-0.3, -0.25) is 29.2 Å². The molecule has 3 amide bonds. The van der Waals surface area contributed by atoms with Crippen LogP contribution in [0.1, 0.15) is 52.4 Å². The number of hydrogen-bond acceptors (Lipinski definition) is 8. The smallest absolute Gasteiger partial charge is 0.326 e. The van der Waals surface area contributed by atoms with Crippen LogP contribution < -0.4 is 44.6 Å². The molecule has 0 bridgehead atoms. The summed E-state index contributed by atoms with van der Waals surface area (Å²) in [5, 5.41) is 25.6. The Balaban J connectivity index is 5.77. The van der Waals surface area contributed by atoms with Crippen LogP contribution in [0.4, 0.5) is 0 Å². The molecule has 39 heavy (non-hydrogen) atoms. The molecule has 0 rings (SSSR count). The Bertz CT molecular complexity index is 902. The van der Waals surface area contributed by atoms with Crippen LogP contribution in [0, 0.1) is 5.92 Å². The first kappa shape index (κ1) is 34.9. The number of carboxylic acids is 2. The molecule has 0 aliphatic heterocycles. The minimum atomic E-state index is -1.51. The lowest BCUT2D eigenvalue weighted by Crippen LogP contribution is -2.57. The summed E-state index contributed by atoms with van der Waals surface area (Å²) in [5.41, 5.74) is 27.1. The summed E-state index contributed by atoms with van der Waals surface area (Å²) in [7, 11) is 0. The second kappa shape index (κ2) is 18.2. The number of nitrogens with zero attached hydrogens (tertiary/aromatic N) is 2. The predicted molar refractivity (Wildman–Crippen MR) is 143 cm³/mol. The van der Waals surface area contributed by atoms with Gasteiger partial charge in [0, 0.05) is 19.5 Å². The highest BCUT2D eigenvalue weighted by molar-refractivity contribution is 5.94. The minimum Gasteiger partial charge on any atom is -0.481 e. The number of amides is 3. The normalized spacial score (nSPS) is 13.7. The van der Waals surface area contributed by atoms with E-state index in [4.69, 9.17) is 33.8 Å². The van der Waals surface area contributed by atoms with Crippen LogP contribution in [0.25, 0.3) is 0 Å². The lowest BCUT2D eigenvalue weighted by molar-refractivity contribution is -0.143. The molecular weight excluding hydrogens is 516 g/mol. The van der Waals surface area contributed by atoms with E-state index in [2.05, 4.69) is 25.9 Å². The highest BCUT2D eigenvalue weighted by Gasteiger charge is 2.30. The number of guanidine groups is 2. The first-order valence-electron chi connectivity index (χ1n) is 12.4. The lowest BCUT2D eigenvalue weighted by atomic mass is 10.0. The molecule has 4 unspecified atom stereocenters. The lowest BCUT2D eigenvalue weighted by Gasteiger charge is -2.25. The molecule has 15 N–H and O–H groups in total. The zero-order chi connectivity index (χ0) is 30.1. The average molecular weight is 559 g/mol. The number of carboxylic acid groups (broad SMARTS) is 2. The van der Waals surface area contributed by atoms with Crippen LogP contribution >= 0.6 is 0 Å². The summed E-state index contributed by atoms with van der Waals surface area (Å²) in [5.74, 6) is -5.40. The second-order valence-corrected chi connectivity index (χ2v) is 9.12. The van der Waals surface area contributed by atoms with E-state index in [0.717, 1.165) is 0 Å². The molecule has 17 heteroatoms. The van der Waals surface area contributed by atoms with E-state index in [-0.39, 0.29) is 56.6 Å². The number of carbonyl (C=O) groups is 5. The molecule has 0 fully saturated rings. The number of hydrogen-bond donors (Lipinski definition) is 10. The third-order valence-corrected chi connectivity index (χ3v) is 5.44. The number of nitrogens with two attached hydrogens (primary N) is 5. The highest BCUT2D eigenvalue weighted by atomic mass is 16.4. The van der Waals surface area contributed by atoms with Gasteiger partial charge in [0.25, 0.3) is 0 Å². The summed E-state index contributed by atoms with van der Waals surface area (Å²) in [6.07, 6.45) is -0.258. The average Bonchev–Trinajstić information content (AvgIpc) is 2.83. The van der Waals surface area contributed by atoms with Crippen molar-refractivity contribution in [2.24, 2.45) is 44.6 Å². The minimum absolute atomic E-state index is 0.000201. The van der Waals surface area contributed by atoms with Gasteiger partial charge in [0.1, 0.15) is 18.1 Å². The summed E-state index contributed by atoms with van der Waals surface area (Å²) >= 11 is 0. The van der Waals surface area contributed by atoms with Crippen LogP contribution in [0.5, 0.6) is 0 Å². The first-order valence-corrected chi connectivity index (χ1v) is 12.4. The number of aliphatic imine (C=N–C) groups is 2. The molecule has 0 saturated carbocycles. The molecule has 0 aromatic rings. The Morgan fingerprint density at radius 1 is 0.692 bits per heavy atom. The van der Waals surface area contributed by atoms with Gasteiger partial charge < -0.3 is 54.8 Å². The third kappa shape index (κ3) is 15.6. The van der Waals surface area contributed by atoms with E-state index in [9.17, 15) is 29.1 Å². The maximum atomic E-state index is 13.2. The Labute approximate surface area is 226 Å². The maximum absolute atomic E-state index is 13.2. The van der Waals surface area contributed by atoms with Crippen molar-refractivity contribution in [2.75, 3.05) is 13.1 Å². The zero-order valence-electron chi connectivity index (χ0n) is 22.3. The van der Waals surface area contributed by atoms with Gasteiger partial charge in [0.15, 0.2) is 11.9 Å². The predicted octanol–water partition coefficient (Wildman–Crippen LogP) is -3.52. The molecule has 0 aliphatic carbocycles. The van der Waals surface area contributed by atoms with Crippen molar-refractivity contribution in [1.29, 1.82) is 0 Å². The molecule has 0 aromatic carbocycles. The Hall–Kier alpha value is -4.15. The molecule has 4 atom stereocenters. The van der Waals surface area contributed by atoms with Gasteiger partial charge in [-0.1, -0.05) is 13.8 Å². The molecule has 0 spiro atoms. The summed E-state index contributed by atoms with van der Waals surface area (Å²) in [6.45, 7) is 3.76. The third-order valence-electron chi connectivity index (χ3n) is 5.44. The highest BCUT2D eigenvalue weighted by Crippen LogP contribution is 2.07. The summed E-state index contributed by atoms with van der Waals surface area (Å²) < 4.78 is 0. The number of aliphatic carboxylic acids is 2. The van der Waals surface area contributed by atoms with Crippen molar-refractivity contribution in [3.8, 4) is 0 Å². The van der Waals surface area contributed by atoms with Gasteiger partial charge >= 0.3 is 11.9 Å². The summed E-state index contributed by atoms with van der Waals surface area (Å²) in [6, 6.07) is -4.78. The van der Waals surface area contributed by atoms with E-state index in [1.807, 2.05) is 0 Å². The standard InChI is InChI=1S/C22H42N10O7/c1-11(2)16(23)19(37)31-13(6-4-10-29-22(26)27)17(35)30-12(5-3-9-28-21(24)25)18(36)32-14(20(38)39)7-8-15(33)34/h11-14,16H,3-10,23H2,1-2H3,(H,30,35)(H,31,37)(H,32,36)(H,33,34)(H,38,39)(H4,24,25,28)(H4,26,27,29). The summed E-state index contributed by atoms with van der Waals surface area (Å²) in [4.78, 5) is 68.8. The molecule has 0 saturated heterocycles. The van der Waals surface area contributed by atoms with E-state index in [0.29, 0.717) is 6.42 Å². The second-order valence-electron chi connectivity index (χ2n) is 9.12. The van der Waals surface area contributed by atoms with Crippen molar-refractivity contribution in [1.82, 2.24) is 16.0 Å². The SMILES string of the molecule is CC(C)C(N)C(=O)NC(CCCN=C(N)N)C(=O)NC(CCCN=C(N)N)C(=O)NC(CCC(=O)O)C(=O)O. The molecule has 17 nitrogen and oxygen atoms in total. The zero-order valence-corrected chi connectivity index (χ0v) is 22.3. The molecule has 0 heterocycles. The van der Waals surface area contributed by atoms with Crippen molar-refractivity contribution in [2.45, 2.75) is 76.5 Å². The first-order chi connectivity index (χ1) is 18.1. The van der Waals surface area contributed by atoms with Crippen LogP contribution in [0.2, 0.25) is 0 Å². The van der Waals surface area contributed by atoms with Gasteiger partial charge in [-0.2, -0.15) is 0 Å². The quantitative estimate of drug-likeness (QED) is 0.0419. The topological polar surface area (TPSA) is 317 Å². The fourth-order valence-electron chi connectivity index (χ4n) is 3.19. The largest absolute Gasteiger partial charge is 0.481 e. The monoisotopic (exact) mass is 558 g/mol. The number of carbonyl (C=O) groups excluding carboxylic acids is 3. The van der Waals surface area contributed by atoms with Gasteiger partial charge in [-0.05, 0) is 38.0 Å². The maximum Gasteiger partial charge on any atom is 0.326 e. The van der Waals surface area contributed by atoms with E-state index in [1.54, 1.807) is 13.8 Å². The fraction of sp³-hybridized carbons (Fsp3) is 0.682. The van der Waals surface area contributed by atoms with Crippen molar-refractivity contribution in [3.05, 3.63) is 0 Å². The Morgan fingerprint density at radius 3 is 1.46 bits per heavy atom. The molecule has 0 aromatic heterocycles. The van der Waals surface area contributed by atoms with Gasteiger partial charge in [0.2, 0.25) is 17.7 Å². The fourth-order valence-corrected chi connectivity index (χ4v) is 3.19. The van der Waals surface area contributed by atoms with Crippen molar-refractivity contribution >= 4 is 41.6 Å². The Kier molecular flexibility index (Phi) is 16.2. The number of nitrogens with one attached hydrogen (secondary N) is 3. The number of rotatable bonds is 19. The molecule has 222 valence electrons. The van der Waals surface area contributed by atoms with Crippen LogP contribution in [-0.2, 0) is 24.0 Å². The van der Waals surface area contributed by atoms with Gasteiger partial charge in [-0.25, -0.2) is 4.79 Å². The van der Waals surface area contributed by atoms with Crippen LogP contribution in [-0.4, -0.2) is 89.0 Å². The van der Waals surface area contributed by atoms with E-state index < -0.39 is 60.2 Å². The van der Waals surface area contributed by atoms with Crippen molar-refractivity contribution < 1.29 is 34.2 Å². The van der Waals surface area contributed by atoms with Crippen molar-refractivity contribution in [3.63, 3.8) is 0 Å². The Morgan fingerprint density at radius 2 is 1.10 bits per heavy atom. The molecule has 0 aliphatic rings.